The fourth-order valence-electron chi connectivity index (χ4n) is 3.96. The number of nitro groups is 1. The van der Waals surface area contributed by atoms with Gasteiger partial charge in [0, 0.05) is 23.9 Å². The highest BCUT2D eigenvalue weighted by Crippen LogP contribution is 2.38. The van der Waals surface area contributed by atoms with Crippen molar-refractivity contribution in [3.63, 3.8) is 0 Å². The van der Waals surface area contributed by atoms with Crippen molar-refractivity contribution < 1.29 is 38.3 Å². The Morgan fingerprint density at radius 3 is 2.18 bits per heavy atom. The van der Waals surface area contributed by atoms with Gasteiger partial charge in [-0.15, -0.1) is 0 Å². The number of nitro benzene ring substituents is 1. The molecule has 4 rings (SSSR count). The van der Waals surface area contributed by atoms with E-state index in [9.17, 15) is 29.3 Å². The summed E-state index contributed by atoms with van der Waals surface area (Å²) < 4.78 is 15.4. The van der Waals surface area contributed by atoms with Gasteiger partial charge in [-0.1, -0.05) is 23.7 Å². The van der Waals surface area contributed by atoms with Gasteiger partial charge in [0.05, 0.1) is 41.0 Å². The molecule has 0 saturated heterocycles. The summed E-state index contributed by atoms with van der Waals surface area (Å²) in [6.07, 6.45) is 0. The van der Waals surface area contributed by atoms with E-state index < -0.39 is 35.2 Å². The molecule has 0 radical (unpaired) electrons. The van der Waals surface area contributed by atoms with Gasteiger partial charge in [-0.05, 0) is 30.7 Å². The molecule has 0 atom stereocenters. The normalized spacial score (nSPS) is 12.2. The summed E-state index contributed by atoms with van der Waals surface area (Å²) in [5, 5.41) is 13.6. The predicted octanol–water partition coefficient (Wildman–Crippen LogP) is 4.17. The number of carbonyl (C=O) groups is 4. The average molecular weight is 554 g/mol. The lowest BCUT2D eigenvalue weighted by Crippen LogP contribution is -2.30. The van der Waals surface area contributed by atoms with Crippen molar-refractivity contribution in [2.75, 3.05) is 31.0 Å². The number of amides is 3. The van der Waals surface area contributed by atoms with Crippen LogP contribution < -0.4 is 19.7 Å². The minimum Gasteiger partial charge on any atom is -0.496 e. The second-order valence-electron chi connectivity index (χ2n) is 8.22. The molecule has 39 heavy (non-hydrogen) atoms. The standard InChI is InChI=1S/C26H20ClN3O9/c1-13-8-20(30(35)36)22(38-3)10-18(13)28-23(31)12-39-26(34)16-9-17(27)19(11-21(16)37-2)29-24(32)14-6-4-5-7-15(14)25(29)33/h4-11H,12H2,1-3H3,(H,28,31). The highest BCUT2D eigenvalue weighted by Gasteiger charge is 2.38. The predicted molar refractivity (Wildman–Crippen MR) is 139 cm³/mol. The summed E-state index contributed by atoms with van der Waals surface area (Å²) in [7, 11) is 2.52. The topological polar surface area (TPSA) is 154 Å². The van der Waals surface area contributed by atoms with E-state index in [2.05, 4.69) is 5.32 Å². The zero-order valence-corrected chi connectivity index (χ0v) is 21.5. The van der Waals surface area contributed by atoms with Crippen LogP contribution in [0.5, 0.6) is 11.5 Å². The maximum atomic E-state index is 12.9. The van der Waals surface area contributed by atoms with Crippen LogP contribution in [0.3, 0.4) is 0 Å². The van der Waals surface area contributed by atoms with Crippen molar-refractivity contribution in [1.82, 2.24) is 0 Å². The summed E-state index contributed by atoms with van der Waals surface area (Å²) >= 11 is 6.36. The molecule has 0 saturated carbocycles. The third-order valence-corrected chi connectivity index (χ3v) is 6.16. The molecule has 0 aromatic heterocycles. The molecule has 1 N–H and O–H groups in total. The number of carbonyl (C=O) groups excluding carboxylic acids is 4. The fourth-order valence-corrected chi connectivity index (χ4v) is 4.21. The second kappa shape index (κ2) is 10.8. The van der Waals surface area contributed by atoms with Crippen LogP contribution in [0.25, 0.3) is 0 Å². The van der Waals surface area contributed by atoms with Crippen LogP contribution in [0.1, 0.15) is 36.6 Å². The molecule has 1 aliphatic heterocycles. The van der Waals surface area contributed by atoms with Crippen molar-refractivity contribution in [2.24, 2.45) is 0 Å². The quantitative estimate of drug-likeness (QED) is 0.187. The maximum Gasteiger partial charge on any atom is 0.342 e. The molecular formula is C26H20ClN3O9. The second-order valence-corrected chi connectivity index (χ2v) is 8.62. The minimum absolute atomic E-state index is 0.0107. The number of benzene rings is 3. The monoisotopic (exact) mass is 553 g/mol. The van der Waals surface area contributed by atoms with Crippen LogP contribution in [0, 0.1) is 17.0 Å². The average Bonchev–Trinajstić information content (AvgIpc) is 3.17. The SMILES string of the molecule is COc1cc(N2C(=O)c3ccccc3C2=O)c(Cl)cc1C(=O)OCC(=O)Nc1cc(OC)c([N+](=O)[O-])cc1C. The van der Waals surface area contributed by atoms with Gasteiger partial charge < -0.3 is 19.5 Å². The van der Waals surface area contributed by atoms with Crippen molar-refractivity contribution >= 4 is 52.4 Å². The number of anilines is 2. The van der Waals surface area contributed by atoms with E-state index in [1.54, 1.807) is 19.1 Å². The van der Waals surface area contributed by atoms with Gasteiger partial charge in [0.25, 0.3) is 17.7 Å². The van der Waals surface area contributed by atoms with Crippen molar-refractivity contribution in [3.05, 3.63) is 85.9 Å². The number of fused-ring (bicyclic) bond motifs is 1. The number of hydrogen-bond acceptors (Lipinski definition) is 9. The van der Waals surface area contributed by atoms with E-state index in [4.69, 9.17) is 25.8 Å². The number of rotatable bonds is 8. The van der Waals surface area contributed by atoms with Crippen molar-refractivity contribution in [3.8, 4) is 11.5 Å². The molecule has 13 heteroatoms. The van der Waals surface area contributed by atoms with Gasteiger partial charge in [-0.2, -0.15) is 0 Å². The number of hydrogen-bond donors (Lipinski definition) is 1. The van der Waals surface area contributed by atoms with Gasteiger partial charge in [-0.3, -0.25) is 24.5 Å². The number of ether oxygens (including phenoxy) is 3. The van der Waals surface area contributed by atoms with Crippen LogP contribution in [0.2, 0.25) is 5.02 Å². The number of halogens is 1. The van der Waals surface area contributed by atoms with Crippen molar-refractivity contribution in [2.45, 2.75) is 6.92 Å². The molecule has 0 spiro atoms. The van der Waals surface area contributed by atoms with Crippen LogP contribution in [0.15, 0.2) is 48.5 Å². The van der Waals surface area contributed by atoms with Crippen LogP contribution in [0.4, 0.5) is 17.1 Å². The number of methoxy groups -OCH3 is 2. The molecule has 3 amide bonds. The summed E-state index contributed by atoms with van der Waals surface area (Å²) in [5.41, 5.74) is 0.637. The molecule has 3 aromatic rings. The molecule has 0 unspecified atom stereocenters. The molecule has 12 nitrogen and oxygen atoms in total. The van der Waals surface area contributed by atoms with Gasteiger partial charge >= 0.3 is 11.7 Å². The summed E-state index contributed by atoms with van der Waals surface area (Å²) in [6, 6.07) is 11.3. The Morgan fingerprint density at radius 2 is 1.62 bits per heavy atom. The summed E-state index contributed by atoms with van der Waals surface area (Å²) in [5.74, 6) is -2.96. The van der Waals surface area contributed by atoms with E-state index in [-0.39, 0.29) is 50.3 Å². The first-order valence-corrected chi connectivity index (χ1v) is 11.6. The largest absolute Gasteiger partial charge is 0.496 e. The number of nitrogens with zero attached hydrogens (tertiary/aromatic N) is 2. The highest BCUT2D eigenvalue weighted by molar-refractivity contribution is 6.40. The smallest absolute Gasteiger partial charge is 0.342 e. The first kappa shape index (κ1) is 27.1. The van der Waals surface area contributed by atoms with E-state index >= 15 is 0 Å². The lowest BCUT2D eigenvalue weighted by Gasteiger charge is -2.18. The number of imide groups is 1. The van der Waals surface area contributed by atoms with E-state index in [1.165, 1.54) is 50.6 Å². The Morgan fingerprint density at radius 1 is 1.00 bits per heavy atom. The third kappa shape index (κ3) is 5.09. The van der Waals surface area contributed by atoms with E-state index in [0.717, 1.165) is 4.90 Å². The molecule has 200 valence electrons. The minimum atomic E-state index is -0.962. The molecule has 1 heterocycles. The number of nitrogens with one attached hydrogen (secondary N) is 1. The molecule has 0 bridgehead atoms. The van der Waals surface area contributed by atoms with Gasteiger partial charge in [0.15, 0.2) is 12.4 Å². The highest BCUT2D eigenvalue weighted by atomic mass is 35.5. The molecule has 3 aromatic carbocycles. The van der Waals surface area contributed by atoms with Gasteiger partial charge in [0.2, 0.25) is 0 Å². The maximum absolute atomic E-state index is 12.9. The lowest BCUT2D eigenvalue weighted by atomic mass is 10.1. The first-order chi connectivity index (χ1) is 18.6. The molecular weight excluding hydrogens is 534 g/mol. The van der Waals surface area contributed by atoms with Crippen LogP contribution >= 0.6 is 11.6 Å². The Hall–Kier alpha value is -4.97. The Bertz CT molecular complexity index is 1520. The van der Waals surface area contributed by atoms with Crippen molar-refractivity contribution in [1.29, 1.82) is 0 Å². The zero-order chi connectivity index (χ0) is 28.4. The Kier molecular flexibility index (Phi) is 7.49. The number of esters is 1. The molecule has 0 fully saturated rings. The van der Waals surface area contributed by atoms with Gasteiger partial charge in [0.1, 0.15) is 11.3 Å². The zero-order valence-electron chi connectivity index (χ0n) is 20.8. The summed E-state index contributed by atoms with van der Waals surface area (Å²) in [4.78, 5) is 62.4. The first-order valence-electron chi connectivity index (χ1n) is 11.2. The van der Waals surface area contributed by atoms with Crippen LogP contribution in [-0.4, -0.2) is 49.4 Å². The lowest BCUT2D eigenvalue weighted by molar-refractivity contribution is -0.385. The van der Waals surface area contributed by atoms with E-state index in [1.807, 2.05) is 0 Å². The van der Waals surface area contributed by atoms with Gasteiger partial charge in [-0.25, -0.2) is 9.69 Å². The molecule has 0 aliphatic carbocycles. The Labute approximate surface area is 226 Å². The Balaban J connectivity index is 1.50. The van der Waals surface area contributed by atoms with Crippen LogP contribution in [-0.2, 0) is 9.53 Å². The molecule has 1 aliphatic rings. The number of aryl methyl sites for hydroxylation is 1. The van der Waals surface area contributed by atoms with E-state index in [0.29, 0.717) is 5.56 Å². The fraction of sp³-hybridized carbons (Fsp3) is 0.154. The third-order valence-electron chi connectivity index (χ3n) is 5.85. The summed E-state index contributed by atoms with van der Waals surface area (Å²) in [6.45, 7) is 0.843.